The van der Waals surface area contributed by atoms with Gasteiger partial charge in [0.05, 0.1) is 0 Å². The molecule has 0 spiro atoms. The fourth-order valence-electron chi connectivity index (χ4n) is 2.38. The summed E-state index contributed by atoms with van der Waals surface area (Å²) in [5, 5.41) is 3.01. The monoisotopic (exact) mass is 363 g/mol. The van der Waals surface area contributed by atoms with E-state index in [-0.39, 0.29) is 36.8 Å². The molecule has 134 valence electrons. The van der Waals surface area contributed by atoms with E-state index in [2.05, 4.69) is 38.0 Å². The molecule has 0 saturated carbocycles. The Balaban J connectivity index is 0. The van der Waals surface area contributed by atoms with Crippen LogP contribution in [0.3, 0.4) is 0 Å². The molecular formula is C17H31Cl2N3O. The molecule has 0 radical (unpaired) electrons. The Bertz CT molecular complexity index is 438. The van der Waals surface area contributed by atoms with Gasteiger partial charge in [0, 0.05) is 37.4 Å². The Labute approximate surface area is 153 Å². The molecule has 0 fully saturated rings. The third kappa shape index (κ3) is 8.45. The molecule has 1 amide bonds. The summed E-state index contributed by atoms with van der Waals surface area (Å²) in [4.78, 5) is 14.4. The third-order valence-electron chi connectivity index (χ3n) is 3.50. The molecule has 0 aliphatic heterocycles. The van der Waals surface area contributed by atoms with Gasteiger partial charge < -0.3 is 16.0 Å². The van der Waals surface area contributed by atoms with Crippen LogP contribution < -0.4 is 16.0 Å². The van der Waals surface area contributed by atoms with Gasteiger partial charge in [-0.15, -0.1) is 24.8 Å². The molecule has 1 aromatic carbocycles. The van der Waals surface area contributed by atoms with E-state index in [4.69, 9.17) is 5.73 Å². The zero-order valence-corrected chi connectivity index (χ0v) is 16.2. The van der Waals surface area contributed by atoms with Crippen LogP contribution in [-0.4, -0.2) is 32.1 Å². The summed E-state index contributed by atoms with van der Waals surface area (Å²) in [5.41, 5.74) is 7.54. The van der Waals surface area contributed by atoms with Crippen molar-refractivity contribution in [2.45, 2.75) is 39.7 Å². The van der Waals surface area contributed by atoms with E-state index in [1.807, 2.05) is 24.3 Å². The maximum absolute atomic E-state index is 12.2. The van der Waals surface area contributed by atoms with Gasteiger partial charge in [0.25, 0.3) is 5.91 Å². The minimum Gasteiger partial charge on any atom is -0.375 e. The summed E-state index contributed by atoms with van der Waals surface area (Å²) in [5.74, 6) is 0.472. The van der Waals surface area contributed by atoms with E-state index in [1.54, 1.807) is 0 Å². The van der Waals surface area contributed by atoms with Crippen molar-refractivity contribution in [1.29, 1.82) is 0 Å². The predicted octanol–water partition coefficient (Wildman–Crippen LogP) is 3.48. The number of nitrogens with zero attached hydrogens (tertiary/aromatic N) is 1. The minimum absolute atomic E-state index is 0. The Morgan fingerprint density at radius 2 is 1.78 bits per heavy atom. The summed E-state index contributed by atoms with van der Waals surface area (Å²) in [7, 11) is 2.06. The number of hydrogen-bond acceptors (Lipinski definition) is 3. The molecular weight excluding hydrogens is 333 g/mol. The topological polar surface area (TPSA) is 58.4 Å². The number of rotatable bonds is 8. The van der Waals surface area contributed by atoms with Crippen LogP contribution >= 0.6 is 24.8 Å². The molecule has 0 bridgehead atoms. The van der Waals surface area contributed by atoms with Crippen LogP contribution in [0.25, 0.3) is 0 Å². The fraction of sp³-hybridized carbons (Fsp3) is 0.588. The van der Waals surface area contributed by atoms with Crippen molar-refractivity contribution in [1.82, 2.24) is 5.32 Å². The molecule has 0 saturated heterocycles. The Morgan fingerprint density at radius 1 is 1.22 bits per heavy atom. The molecule has 0 aliphatic carbocycles. The SMILES string of the molecule is CCCN(C)c1ccc(C(=O)NC(CN)CC(C)C)cc1.Cl.Cl. The molecule has 1 rings (SSSR count). The number of carbonyl (C=O) groups excluding carboxylic acids is 1. The number of nitrogens with one attached hydrogen (secondary N) is 1. The highest BCUT2D eigenvalue weighted by Gasteiger charge is 2.14. The van der Waals surface area contributed by atoms with Crippen molar-refractivity contribution < 1.29 is 4.79 Å². The van der Waals surface area contributed by atoms with Crippen LogP contribution in [0.1, 0.15) is 44.0 Å². The zero-order chi connectivity index (χ0) is 15.8. The number of hydrogen-bond donors (Lipinski definition) is 2. The largest absolute Gasteiger partial charge is 0.375 e. The predicted molar refractivity (Wildman–Crippen MR) is 104 cm³/mol. The van der Waals surface area contributed by atoms with Crippen LogP contribution in [0.15, 0.2) is 24.3 Å². The lowest BCUT2D eigenvalue weighted by molar-refractivity contribution is 0.0934. The molecule has 1 unspecified atom stereocenters. The molecule has 6 heteroatoms. The van der Waals surface area contributed by atoms with Crippen LogP contribution in [0.5, 0.6) is 0 Å². The molecule has 0 aromatic heterocycles. The van der Waals surface area contributed by atoms with Gasteiger partial charge in [-0.2, -0.15) is 0 Å². The first-order valence-electron chi connectivity index (χ1n) is 7.80. The van der Waals surface area contributed by atoms with Gasteiger partial charge in [0.1, 0.15) is 0 Å². The fourth-order valence-corrected chi connectivity index (χ4v) is 2.38. The first-order valence-corrected chi connectivity index (χ1v) is 7.80. The lowest BCUT2D eigenvalue weighted by Gasteiger charge is -2.20. The van der Waals surface area contributed by atoms with Gasteiger partial charge >= 0.3 is 0 Å². The second kappa shape index (κ2) is 12.5. The molecule has 3 N–H and O–H groups in total. The van der Waals surface area contributed by atoms with Crippen molar-refractivity contribution >= 4 is 36.4 Å². The van der Waals surface area contributed by atoms with E-state index in [1.165, 1.54) is 0 Å². The first kappa shape index (κ1) is 24.3. The summed E-state index contributed by atoms with van der Waals surface area (Å²) < 4.78 is 0. The quantitative estimate of drug-likeness (QED) is 0.743. The van der Waals surface area contributed by atoms with E-state index >= 15 is 0 Å². The molecule has 1 aromatic rings. The molecule has 0 aliphatic rings. The van der Waals surface area contributed by atoms with Gasteiger partial charge in [-0.3, -0.25) is 4.79 Å². The number of amides is 1. The highest BCUT2D eigenvalue weighted by atomic mass is 35.5. The van der Waals surface area contributed by atoms with Gasteiger partial charge in [0.2, 0.25) is 0 Å². The van der Waals surface area contributed by atoms with Crippen molar-refractivity contribution in [3.63, 3.8) is 0 Å². The van der Waals surface area contributed by atoms with E-state index in [0.29, 0.717) is 18.0 Å². The standard InChI is InChI=1S/C17H29N3O.2ClH/c1-5-10-20(4)16-8-6-14(7-9-16)17(21)19-15(12-18)11-13(2)3;;/h6-9,13,15H,5,10-12,18H2,1-4H3,(H,19,21);2*1H. The van der Waals surface area contributed by atoms with Crippen molar-refractivity contribution in [2.24, 2.45) is 11.7 Å². The average Bonchev–Trinajstić information content (AvgIpc) is 2.46. The van der Waals surface area contributed by atoms with Crippen LogP contribution in [0, 0.1) is 5.92 Å². The molecule has 1 atom stereocenters. The van der Waals surface area contributed by atoms with E-state index < -0.39 is 0 Å². The van der Waals surface area contributed by atoms with Crippen LogP contribution in [0.2, 0.25) is 0 Å². The maximum atomic E-state index is 12.2. The second-order valence-electron chi connectivity index (χ2n) is 6.00. The number of nitrogens with two attached hydrogens (primary N) is 1. The van der Waals surface area contributed by atoms with E-state index in [0.717, 1.165) is 25.1 Å². The first-order chi connectivity index (χ1) is 9.97. The molecule has 4 nitrogen and oxygen atoms in total. The third-order valence-corrected chi connectivity index (χ3v) is 3.50. The summed E-state index contributed by atoms with van der Waals surface area (Å²) in [6, 6.07) is 7.77. The Kier molecular flexibility index (Phi) is 13.1. The molecule has 0 heterocycles. The van der Waals surface area contributed by atoms with Crippen molar-refractivity contribution in [3.8, 4) is 0 Å². The van der Waals surface area contributed by atoms with Gasteiger partial charge in [-0.25, -0.2) is 0 Å². The van der Waals surface area contributed by atoms with Crippen LogP contribution in [0.4, 0.5) is 5.69 Å². The number of carbonyl (C=O) groups is 1. The van der Waals surface area contributed by atoms with Gasteiger partial charge in [-0.1, -0.05) is 20.8 Å². The summed E-state index contributed by atoms with van der Waals surface area (Å²) >= 11 is 0. The normalized spacial score (nSPS) is 11.2. The smallest absolute Gasteiger partial charge is 0.251 e. The summed E-state index contributed by atoms with van der Waals surface area (Å²) in [6.45, 7) is 7.90. The Morgan fingerprint density at radius 3 is 2.22 bits per heavy atom. The lowest BCUT2D eigenvalue weighted by atomic mass is 10.0. The van der Waals surface area contributed by atoms with Gasteiger partial charge in [-0.05, 0) is 43.0 Å². The highest BCUT2D eigenvalue weighted by molar-refractivity contribution is 5.94. The average molecular weight is 364 g/mol. The molecule has 23 heavy (non-hydrogen) atoms. The minimum atomic E-state index is -0.0456. The maximum Gasteiger partial charge on any atom is 0.251 e. The van der Waals surface area contributed by atoms with Crippen molar-refractivity contribution in [3.05, 3.63) is 29.8 Å². The lowest BCUT2D eigenvalue weighted by Crippen LogP contribution is -2.41. The van der Waals surface area contributed by atoms with Crippen LogP contribution in [-0.2, 0) is 0 Å². The highest BCUT2D eigenvalue weighted by Crippen LogP contribution is 2.14. The number of anilines is 1. The second-order valence-corrected chi connectivity index (χ2v) is 6.00. The Hall–Kier alpha value is -0.970. The van der Waals surface area contributed by atoms with Gasteiger partial charge in [0.15, 0.2) is 0 Å². The summed E-state index contributed by atoms with van der Waals surface area (Å²) in [6.07, 6.45) is 2.01. The van der Waals surface area contributed by atoms with E-state index in [9.17, 15) is 4.79 Å². The number of benzene rings is 1. The van der Waals surface area contributed by atoms with Crippen molar-refractivity contribution in [2.75, 3.05) is 25.0 Å². The zero-order valence-electron chi connectivity index (χ0n) is 14.5. The number of halogens is 2.